The Bertz CT molecular complexity index is 1290. The molecule has 2 aromatic heterocycles. The van der Waals surface area contributed by atoms with Crippen LogP contribution < -0.4 is 4.90 Å². The van der Waals surface area contributed by atoms with Gasteiger partial charge < -0.3 is 0 Å². The number of anilines is 1. The number of benzene rings is 2. The van der Waals surface area contributed by atoms with Crippen LogP contribution in [0.5, 0.6) is 0 Å². The van der Waals surface area contributed by atoms with Gasteiger partial charge in [-0.1, -0.05) is 41.1 Å². The minimum Gasteiger partial charge on any atom is -0.293 e. The Balaban J connectivity index is 1.65. The summed E-state index contributed by atoms with van der Waals surface area (Å²) in [5.41, 5.74) is 1.63. The minimum absolute atomic E-state index is 0.315. The number of hydrogen-bond acceptors (Lipinski definition) is 6. The number of carbonyl (C=O) groups is 3. The Morgan fingerprint density at radius 3 is 2.48 bits per heavy atom. The van der Waals surface area contributed by atoms with Crippen LogP contribution in [0.1, 0.15) is 22.0 Å². The van der Waals surface area contributed by atoms with Crippen LogP contribution in [-0.2, 0) is 9.59 Å². The quantitative estimate of drug-likeness (QED) is 0.261. The zero-order chi connectivity index (χ0) is 21.5. The number of para-hydroxylation sites is 1. The molecule has 2 aromatic carbocycles. The lowest BCUT2D eigenvalue weighted by molar-refractivity contribution is -0.135. The van der Waals surface area contributed by atoms with Crippen molar-refractivity contribution in [3.05, 3.63) is 89.2 Å². The number of aromatic nitrogens is 2. The number of nitrogens with zero attached hydrogens (tertiary/aromatic N) is 3. The predicted molar refractivity (Wildman–Crippen MR) is 118 cm³/mol. The van der Waals surface area contributed by atoms with Gasteiger partial charge in [0, 0.05) is 23.0 Å². The highest BCUT2D eigenvalue weighted by molar-refractivity contribution is 7.22. The molecule has 152 valence electrons. The maximum atomic E-state index is 13.4. The van der Waals surface area contributed by atoms with E-state index >= 15 is 0 Å². The third-order valence-electron chi connectivity index (χ3n) is 5.23. The molecule has 0 N–H and O–H groups in total. The number of amides is 1. The van der Waals surface area contributed by atoms with Crippen molar-refractivity contribution >= 4 is 55.8 Å². The number of halogens is 1. The van der Waals surface area contributed by atoms with Crippen molar-refractivity contribution in [1.29, 1.82) is 0 Å². The number of pyridine rings is 1. The van der Waals surface area contributed by atoms with Crippen LogP contribution in [0, 0.1) is 5.92 Å². The van der Waals surface area contributed by atoms with Gasteiger partial charge >= 0.3 is 0 Å². The number of Topliss-reactive ketones (excluding diaryl/α,β-unsaturated/α-hetero) is 2. The number of thiazole rings is 1. The van der Waals surface area contributed by atoms with Crippen LogP contribution in [-0.4, -0.2) is 27.4 Å². The maximum Gasteiger partial charge on any atom is 0.297 e. The summed E-state index contributed by atoms with van der Waals surface area (Å²) >= 11 is 7.24. The molecular formula is C23H14ClN3O3S. The van der Waals surface area contributed by atoms with Gasteiger partial charge in [-0.15, -0.1) is 0 Å². The molecule has 1 saturated heterocycles. The minimum atomic E-state index is -1.20. The highest BCUT2D eigenvalue weighted by Gasteiger charge is 2.53. The van der Waals surface area contributed by atoms with Crippen LogP contribution in [0.4, 0.5) is 5.13 Å². The van der Waals surface area contributed by atoms with Gasteiger partial charge in [0.25, 0.3) is 5.91 Å². The van der Waals surface area contributed by atoms with Crippen LogP contribution in [0.15, 0.2) is 73.1 Å². The Labute approximate surface area is 186 Å². The number of carbonyl (C=O) groups excluding carboxylic acids is 3. The standard InChI is InChI=1S/C23H14ClN3O3S/c24-15-9-7-13(8-10-15)20(28)18-19(14-4-3-11-25-12-14)27(22(30)21(18)29)23-26-16-5-1-2-6-17(16)31-23/h1-12,18-19H. The van der Waals surface area contributed by atoms with Crippen molar-refractivity contribution < 1.29 is 14.4 Å². The topological polar surface area (TPSA) is 80.2 Å². The number of fused-ring (bicyclic) bond motifs is 1. The third kappa shape index (κ3) is 3.32. The third-order valence-corrected chi connectivity index (χ3v) is 6.52. The van der Waals surface area contributed by atoms with Gasteiger partial charge in [0.15, 0.2) is 10.9 Å². The van der Waals surface area contributed by atoms with E-state index in [1.54, 1.807) is 48.8 Å². The van der Waals surface area contributed by atoms with E-state index in [1.807, 2.05) is 24.3 Å². The Morgan fingerprint density at radius 2 is 1.77 bits per heavy atom. The molecule has 8 heteroatoms. The molecule has 2 atom stereocenters. The highest BCUT2D eigenvalue weighted by Crippen LogP contribution is 2.43. The summed E-state index contributed by atoms with van der Waals surface area (Å²) in [5, 5.41) is 0.852. The van der Waals surface area contributed by atoms with E-state index in [9.17, 15) is 14.4 Å². The van der Waals surface area contributed by atoms with E-state index < -0.39 is 29.4 Å². The van der Waals surface area contributed by atoms with Gasteiger partial charge in [-0.25, -0.2) is 4.98 Å². The molecule has 0 saturated carbocycles. The molecule has 3 heterocycles. The van der Waals surface area contributed by atoms with Gasteiger partial charge in [-0.3, -0.25) is 24.3 Å². The summed E-state index contributed by atoms with van der Waals surface area (Å²) in [5.74, 6) is -3.15. The second kappa shape index (κ2) is 7.68. The molecule has 1 fully saturated rings. The van der Waals surface area contributed by atoms with Gasteiger partial charge in [0.2, 0.25) is 5.78 Å². The summed E-state index contributed by atoms with van der Waals surface area (Å²) in [7, 11) is 0. The molecule has 6 nitrogen and oxygen atoms in total. The zero-order valence-electron chi connectivity index (χ0n) is 15.9. The summed E-state index contributed by atoms with van der Waals surface area (Å²) in [6, 6.07) is 16.4. The van der Waals surface area contributed by atoms with Crippen LogP contribution in [0.25, 0.3) is 10.2 Å². The van der Waals surface area contributed by atoms with E-state index in [4.69, 9.17) is 11.6 Å². The summed E-state index contributed by atoms with van der Waals surface area (Å²) in [6.07, 6.45) is 3.17. The molecule has 0 radical (unpaired) electrons. The SMILES string of the molecule is O=C1C(=O)N(c2nc3ccccc3s2)C(c2cccnc2)C1C(=O)c1ccc(Cl)cc1. The van der Waals surface area contributed by atoms with Gasteiger partial charge in [-0.2, -0.15) is 0 Å². The maximum absolute atomic E-state index is 13.4. The fourth-order valence-corrected chi connectivity index (χ4v) is 4.91. The van der Waals surface area contributed by atoms with Gasteiger partial charge in [-0.05, 0) is 48.0 Å². The number of ketones is 2. The zero-order valence-corrected chi connectivity index (χ0v) is 17.5. The first-order valence-electron chi connectivity index (χ1n) is 9.47. The van der Waals surface area contributed by atoms with Crippen molar-refractivity contribution in [2.75, 3.05) is 4.90 Å². The molecule has 5 rings (SSSR count). The normalized spacial score (nSPS) is 18.7. The van der Waals surface area contributed by atoms with E-state index in [1.165, 1.54) is 16.2 Å². The van der Waals surface area contributed by atoms with E-state index in [-0.39, 0.29) is 0 Å². The molecule has 31 heavy (non-hydrogen) atoms. The second-order valence-corrected chi connectivity index (χ2v) is 8.53. The van der Waals surface area contributed by atoms with E-state index in [2.05, 4.69) is 9.97 Å². The molecule has 1 amide bonds. The molecule has 4 aromatic rings. The highest BCUT2D eigenvalue weighted by atomic mass is 35.5. The van der Waals surface area contributed by atoms with Crippen LogP contribution in [0.3, 0.4) is 0 Å². The molecular weight excluding hydrogens is 434 g/mol. The van der Waals surface area contributed by atoms with E-state index in [0.29, 0.717) is 21.3 Å². The van der Waals surface area contributed by atoms with Crippen molar-refractivity contribution in [1.82, 2.24) is 9.97 Å². The summed E-state index contributed by atoms with van der Waals surface area (Å²) in [6.45, 7) is 0. The smallest absolute Gasteiger partial charge is 0.293 e. The average Bonchev–Trinajstić information content (AvgIpc) is 3.33. The molecule has 0 aliphatic carbocycles. The lowest BCUT2D eigenvalue weighted by Crippen LogP contribution is -2.30. The molecule has 0 spiro atoms. The van der Waals surface area contributed by atoms with Gasteiger partial charge in [0.1, 0.15) is 5.92 Å². The van der Waals surface area contributed by atoms with Gasteiger partial charge in [0.05, 0.1) is 16.3 Å². The number of rotatable bonds is 4. The fourth-order valence-electron chi connectivity index (χ4n) is 3.79. The Kier molecular flexibility index (Phi) is 4.84. The lowest BCUT2D eigenvalue weighted by Gasteiger charge is -2.24. The van der Waals surface area contributed by atoms with Crippen molar-refractivity contribution in [3.63, 3.8) is 0 Å². The Morgan fingerprint density at radius 1 is 1.00 bits per heavy atom. The first kappa shape index (κ1) is 19.5. The first-order valence-corrected chi connectivity index (χ1v) is 10.7. The second-order valence-electron chi connectivity index (χ2n) is 7.08. The monoisotopic (exact) mass is 447 g/mol. The van der Waals surface area contributed by atoms with Crippen molar-refractivity contribution in [2.45, 2.75) is 6.04 Å². The van der Waals surface area contributed by atoms with Crippen molar-refractivity contribution in [2.24, 2.45) is 5.92 Å². The Hall–Kier alpha value is -3.42. The summed E-state index contributed by atoms with van der Waals surface area (Å²) < 4.78 is 0.884. The summed E-state index contributed by atoms with van der Waals surface area (Å²) in [4.78, 5) is 49.6. The number of hydrogen-bond donors (Lipinski definition) is 0. The van der Waals surface area contributed by atoms with Crippen LogP contribution in [0.2, 0.25) is 5.02 Å². The fraction of sp³-hybridized carbons (Fsp3) is 0.0870. The van der Waals surface area contributed by atoms with Crippen LogP contribution >= 0.6 is 22.9 Å². The first-order chi connectivity index (χ1) is 15.0. The molecule has 2 unspecified atom stereocenters. The average molecular weight is 448 g/mol. The van der Waals surface area contributed by atoms with Crippen molar-refractivity contribution in [3.8, 4) is 0 Å². The molecule has 0 bridgehead atoms. The lowest BCUT2D eigenvalue weighted by atomic mass is 9.87. The molecule has 1 aliphatic heterocycles. The largest absolute Gasteiger partial charge is 0.297 e. The predicted octanol–water partition coefficient (Wildman–Crippen LogP) is 4.50. The molecule has 1 aliphatic rings. The van der Waals surface area contributed by atoms with E-state index in [0.717, 1.165) is 10.2 Å².